The molecule has 0 radical (unpaired) electrons. The van der Waals surface area contributed by atoms with Crippen molar-refractivity contribution < 1.29 is 0 Å². The average Bonchev–Trinajstić information content (AvgIpc) is 2.86. The number of benzene rings is 2. The van der Waals surface area contributed by atoms with Gasteiger partial charge in [0.25, 0.3) is 0 Å². The molecule has 3 rings (SSSR count). The zero-order valence-electron chi connectivity index (χ0n) is 9.94. The zero-order chi connectivity index (χ0) is 13.4. The standard InChI is InChI=1S/C15H11Cl2NS/c16-10-4-5-11(13(17)8-10)14(18)12-3-1-2-9-6-7-19-15(9)12/h1-8,14H,18H2. The zero-order valence-corrected chi connectivity index (χ0v) is 12.3. The Morgan fingerprint density at radius 1 is 1.00 bits per heavy atom. The van der Waals surface area contributed by atoms with Crippen LogP contribution in [0.25, 0.3) is 10.1 Å². The number of hydrogen-bond donors (Lipinski definition) is 1. The van der Waals surface area contributed by atoms with Gasteiger partial charge in [0, 0.05) is 14.7 Å². The van der Waals surface area contributed by atoms with Gasteiger partial charge in [-0.15, -0.1) is 11.3 Å². The van der Waals surface area contributed by atoms with Crippen LogP contribution in [-0.4, -0.2) is 0 Å². The van der Waals surface area contributed by atoms with Gasteiger partial charge in [0.15, 0.2) is 0 Å². The molecule has 0 bridgehead atoms. The van der Waals surface area contributed by atoms with Crippen LogP contribution in [0.4, 0.5) is 0 Å². The van der Waals surface area contributed by atoms with Crippen LogP contribution in [0.2, 0.25) is 10.0 Å². The fourth-order valence-corrected chi connectivity index (χ4v) is 3.66. The lowest BCUT2D eigenvalue weighted by atomic mass is 9.98. The predicted molar refractivity (Wildman–Crippen MR) is 84.3 cm³/mol. The Bertz CT molecular complexity index is 736. The summed E-state index contributed by atoms with van der Waals surface area (Å²) in [6.07, 6.45) is 0. The molecule has 0 aliphatic heterocycles. The van der Waals surface area contributed by atoms with Gasteiger partial charge in [-0.2, -0.15) is 0 Å². The predicted octanol–water partition coefficient (Wildman–Crippen LogP) is 5.26. The van der Waals surface area contributed by atoms with Crippen molar-refractivity contribution in [1.29, 1.82) is 0 Å². The first-order chi connectivity index (χ1) is 9.16. The Labute approximate surface area is 125 Å². The van der Waals surface area contributed by atoms with Crippen molar-refractivity contribution in [2.24, 2.45) is 5.73 Å². The van der Waals surface area contributed by atoms with Crippen molar-refractivity contribution in [3.63, 3.8) is 0 Å². The number of nitrogens with two attached hydrogens (primary N) is 1. The Hall–Kier alpha value is -1.06. The first-order valence-corrected chi connectivity index (χ1v) is 7.47. The largest absolute Gasteiger partial charge is 0.320 e. The van der Waals surface area contributed by atoms with Crippen molar-refractivity contribution >= 4 is 44.6 Å². The molecule has 0 aliphatic rings. The summed E-state index contributed by atoms with van der Waals surface area (Å²) in [5.74, 6) is 0. The third-order valence-corrected chi connectivity index (χ3v) is 4.68. The first kappa shape index (κ1) is 12.9. The molecule has 1 atom stereocenters. The van der Waals surface area contributed by atoms with Gasteiger partial charge in [0.05, 0.1) is 6.04 Å². The maximum atomic E-state index is 6.37. The van der Waals surface area contributed by atoms with Gasteiger partial charge in [-0.25, -0.2) is 0 Å². The first-order valence-electron chi connectivity index (χ1n) is 5.83. The fraction of sp³-hybridized carbons (Fsp3) is 0.0667. The van der Waals surface area contributed by atoms with Gasteiger partial charge in [-0.3, -0.25) is 0 Å². The van der Waals surface area contributed by atoms with Crippen LogP contribution in [-0.2, 0) is 0 Å². The molecule has 1 nitrogen and oxygen atoms in total. The van der Waals surface area contributed by atoms with Gasteiger partial charge < -0.3 is 5.73 Å². The molecule has 0 aliphatic carbocycles. The molecule has 0 saturated carbocycles. The van der Waals surface area contributed by atoms with Gasteiger partial charge in [0.2, 0.25) is 0 Å². The molecule has 2 aromatic carbocycles. The quantitative estimate of drug-likeness (QED) is 0.687. The summed E-state index contributed by atoms with van der Waals surface area (Å²) in [5.41, 5.74) is 8.36. The number of halogens is 2. The van der Waals surface area contributed by atoms with Crippen LogP contribution in [0.1, 0.15) is 17.2 Å². The Kier molecular flexibility index (Phi) is 3.50. The van der Waals surface area contributed by atoms with Crippen LogP contribution in [0, 0.1) is 0 Å². The van der Waals surface area contributed by atoms with E-state index in [2.05, 4.69) is 23.6 Å². The maximum absolute atomic E-state index is 6.37. The molecule has 96 valence electrons. The van der Waals surface area contributed by atoms with E-state index in [-0.39, 0.29) is 6.04 Å². The van der Waals surface area contributed by atoms with E-state index in [1.165, 1.54) is 10.1 Å². The van der Waals surface area contributed by atoms with Crippen LogP contribution >= 0.6 is 34.5 Å². The highest BCUT2D eigenvalue weighted by Gasteiger charge is 2.15. The maximum Gasteiger partial charge on any atom is 0.0580 e. The molecular formula is C15H11Cl2NS. The van der Waals surface area contributed by atoms with E-state index in [1.807, 2.05) is 18.2 Å². The Morgan fingerprint density at radius 3 is 2.63 bits per heavy atom. The summed E-state index contributed by atoms with van der Waals surface area (Å²) in [7, 11) is 0. The lowest BCUT2D eigenvalue weighted by Gasteiger charge is -2.15. The summed E-state index contributed by atoms with van der Waals surface area (Å²) in [6, 6.07) is 13.5. The second-order valence-corrected chi connectivity index (χ2v) is 6.09. The van der Waals surface area contributed by atoms with E-state index in [9.17, 15) is 0 Å². The van der Waals surface area contributed by atoms with Crippen molar-refractivity contribution in [2.75, 3.05) is 0 Å². The van der Waals surface area contributed by atoms with Crippen LogP contribution in [0.3, 0.4) is 0 Å². The van der Waals surface area contributed by atoms with Crippen LogP contribution in [0.15, 0.2) is 47.8 Å². The lowest BCUT2D eigenvalue weighted by Crippen LogP contribution is -2.12. The van der Waals surface area contributed by atoms with Crippen molar-refractivity contribution in [1.82, 2.24) is 0 Å². The third-order valence-electron chi connectivity index (χ3n) is 3.14. The smallest absolute Gasteiger partial charge is 0.0580 e. The fourth-order valence-electron chi connectivity index (χ4n) is 2.18. The minimum absolute atomic E-state index is 0.243. The molecule has 1 unspecified atom stereocenters. The summed E-state index contributed by atoms with van der Waals surface area (Å²) >= 11 is 13.9. The molecule has 3 aromatic rings. The molecule has 1 aromatic heterocycles. The minimum Gasteiger partial charge on any atom is -0.320 e. The van der Waals surface area contributed by atoms with E-state index in [0.717, 1.165) is 11.1 Å². The number of rotatable bonds is 2. The third kappa shape index (κ3) is 2.37. The van der Waals surface area contributed by atoms with Gasteiger partial charge >= 0.3 is 0 Å². The number of fused-ring (bicyclic) bond motifs is 1. The average molecular weight is 308 g/mol. The Balaban J connectivity index is 2.13. The molecule has 0 saturated heterocycles. The number of hydrogen-bond acceptors (Lipinski definition) is 2. The summed E-state index contributed by atoms with van der Waals surface area (Å²) < 4.78 is 1.21. The highest BCUT2D eigenvalue weighted by molar-refractivity contribution is 7.17. The van der Waals surface area contributed by atoms with Crippen molar-refractivity contribution in [3.8, 4) is 0 Å². The topological polar surface area (TPSA) is 26.0 Å². The molecule has 0 fully saturated rings. The lowest BCUT2D eigenvalue weighted by molar-refractivity contribution is 0.883. The second-order valence-electron chi connectivity index (χ2n) is 4.33. The molecule has 2 N–H and O–H groups in total. The van der Waals surface area contributed by atoms with Gasteiger partial charge in [0.1, 0.15) is 0 Å². The SMILES string of the molecule is NC(c1ccc(Cl)cc1Cl)c1cccc2ccsc12. The number of thiophene rings is 1. The minimum atomic E-state index is -0.243. The summed E-state index contributed by atoms with van der Waals surface area (Å²) in [4.78, 5) is 0. The van der Waals surface area contributed by atoms with Gasteiger partial charge in [-0.1, -0.05) is 47.5 Å². The normalized spacial score (nSPS) is 12.8. The van der Waals surface area contributed by atoms with Crippen molar-refractivity contribution in [3.05, 3.63) is 69.0 Å². The van der Waals surface area contributed by atoms with Crippen molar-refractivity contribution in [2.45, 2.75) is 6.04 Å². The molecule has 4 heteroatoms. The van der Waals surface area contributed by atoms with E-state index in [4.69, 9.17) is 28.9 Å². The summed E-state index contributed by atoms with van der Waals surface area (Å²) in [5, 5.41) is 4.51. The summed E-state index contributed by atoms with van der Waals surface area (Å²) in [6.45, 7) is 0. The van der Waals surface area contributed by atoms with E-state index < -0.39 is 0 Å². The monoisotopic (exact) mass is 307 g/mol. The Morgan fingerprint density at radius 2 is 1.84 bits per heavy atom. The van der Waals surface area contributed by atoms with E-state index >= 15 is 0 Å². The molecule has 0 amide bonds. The van der Waals surface area contributed by atoms with Crippen LogP contribution in [0.5, 0.6) is 0 Å². The molecule has 1 heterocycles. The molecule has 19 heavy (non-hydrogen) atoms. The van der Waals surface area contributed by atoms with Crippen LogP contribution < -0.4 is 5.73 Å². The highest BCUT2D eigenvalue weighted by Crippen LogP contribution is 2.34. The molecule has 0 spiro atoms. The highest BCUT2D eigenvalue weighted by atomic mass is 35.5. The van der Waals surface area contributed by atoms with E-state index in [1.54, 1.807) is 17.4 Å². The van der Waals surface area contributed by atoms with E-state index in [0.29, 0.717) is 10.0 Å². The van der Waals surface area contributed by atoms with Gasteiger partial charge in [-0.05, 0) is 40.1 Å². The molecular weight excluding hydrogens is 297 g/mol. The second kappa shape index (κ2) is 5.14.